The Bertz CT molecular complexity index is 857. The van der Waals surface area contributed by atoms with Crippen molar-refractivity contribution in [3.8, 4) is 11.5 Å². The molecule has 2 rings (SSSR count). The highest BCUT2D eigenvalue weighted by Gasteiger charge is 2.15. The fraction of sp³-hybridized carbons (Fsp3) is 0.294. The number of nitrogens with one attached hydrogen (secondary N) is 1. The molecule has 28 heavy (non-hydrogen) atoms. The first-order valence-corrected chi connectivity index (χ1v) is 8.95. The third kappa shape index (κ3) is 6.27. The van der Waals surface area contributed by atoms with E-state index in [2.05, 4.69) is 20.3 Å². The number of carbonyl (C=O) groups is 2. The number of anilines is 1. The third-order valence-electron chi connectivity index (χ3n) is 3.02. The number of halogens is 2. The van der Waals surface area contributed by atoms with Crippen molar-refractivity contribution >= 4 is 34.4 Å². The summed E-state index contributed by atoms with van der Waals surface area (Å²) in [6, 6.07) is 4.29. The quantitative estimate of drug-likeness (QED) is 0.497. The van der Waals surface area contributed by atoms with E-state index in [1.807, 2.05) is 0 Å². The van der Waals surface area contributed by atoms with Gasteiger partial charge >= 0.3 is 12.6 Å². The molecule has 0 saturated heterocycles. The molecule has 0 aliphatic rings. The zero-order chi connectivity index (χ0) is 20.5. The molecule has 1 N–H and O–H groups in total. The van der Waals surface area contributed by atoms with Crippen LogP contribution in [0.3, 0.4) is 0 Å². The number of alkyl halides is 2. The van der Waals surface area contributed by atoms with Gasteiger partial charge in [-0.15, -0.1) is 10.2 Å². The number of benzene rings is 1. The molecule has 0 aliphatic heterocycles. The number of esters is 1. The summed E-state index contributed by atoms with van der Waals surface area (Å²) in [5.74, 6) is -1.10. The number of ether oxygens (including phenoxy) is 3. The van der Waals surface area contributed by atoms with Crippen LogP contribution in [0.5, 0.6) is 11.5 Å². The molecule has 2 aromatic rings. The van der Waals surface area contributed by atoms with E-state index in [4.69, 9.17) is 9.47 Å². The Hall–Kier alpha value is -3.08. The Kier molecular flexibility index (Phi) is 7.81. The van der Waals surface area contributed by atoms with E-state index in [0.29, 0.717) is 5.56 Å². The van der Waals surface area contributed by atoms with Crippen molar-refractivity contribution < 1.29 is 32.6 Å². The number of carbonyl (C=O) groups excluding carboxylic acids is 2. The van der Waals surface area contributed by atoms with Gasteiger partial charge in [-0.2, -0.15) is 8.78 Å². The number of nitrogens with zero attached hydrogens (tertiary/aromatic N) is 2. The van der Waals surface area contributed by atoms with Crippen LogP contribution in [0.1, 0.15) is 29.2 Å². The molecule has 0 unspecified atom stereocenters. The lowest BCUT2D eigenvalue weighted by Crippen LogP contribution is -2.07. The molecule has 0 fully saturated rings. The van der Waals surface area contributed by atoms with Gasteiger partial charge in [0.05, 0.1) is 13.2 Å². The molecule has 1 heterocycles. The number of aromatic nitrogens is 2. The predicted molar refractivity (Wildman–Crippen MR) is 97.8 cm³/mol. The summed E-state index contributed by atoms with van der Waals surface area (Å²) in [6.07, 6.45) is 2.67. The summed E-state index contributed by atoms with van der Waals surface area (Å²) < 4.78 is 39.3. The smallest absolute Gasteiger partial charge is 0.387 e. The van der Waals surface area contributed by atoms with Gasteiger partial charge in [0.15, 0.2) is 11.5 Å². The minimum absolute atomic E-state index is 0.0251. The molecule has 1 aromatic carbocycles. The van der Waals surface area contributed by atoms with Crippen LogP contribution in [0.4, 0.5) is 13.9 Å². The number of amides is 1. The SMILES string of the molecule is CCOC(=O)c1nnc(NC(=O)/C=C\c2ccc(OC(F)F)c(OCC)c2)s1. The lowest BCUT2D eigenvalue weighted by atomic mass is 10.2. The summed E-state index contributed by atoms with van der Waals surface area (Å²) >= 11 is 0.877. The lowest BCUT2D eigenvalue weighted by molar-refractivity contribution is -0.111. The van der Waals surface area contributed by atoms with Crippen LogP contribution in [-0.4, -0.2) is 41.9 Å². The van der Waals surface area contributed by atoms with E-state index in [9.17, 15) is 18.4 Å². The Balaban J connectivity index is 2.03. The van der Waals surface area contributed by atoms with E-state index in [0.717, 1.165) is 11.3 Å². The summed E-state index contributed by atoms with van der Waals surface area (Å²) in [5, 5.41) is 9.94. The molecule has 1 amide bonds. The van der Waals surface area contributed by atoms with E-state index in [-0.39, 0.29) is 34.9 Å². The van der Waals surface area contributed by atoms with Crippen molar-refractivity contribution in [2.24, 2.45) is 0 Å². The van der Waals surface area contributed by atoms with Crippen LogP contribution in [0, 0.1) is 0 Å². The first-order valence-electron chi connectivity index (χ1n) is 8.14. The highest BCUT2D eigenvalue weighted by molar-refractivity contribution is 7.17. The predicted octanol–water partition coefficient (Wildman–Crippen LogP) is 3.37. The van der Waals surface area contributed by atoms with E-state index < -0.39 is 18.5 Å². The van der Waals surface area contributed by atoms with E-state index >= 15 is 0 Å². The van der Waals surface area contributed by atoms with Crippen molar-refractivity contribution in [3.63, 3.8) is 0 Å². The van der Waals surface area contributed by atoms with Gasteiger partial charge in [-0.3, -0.25) is 10.1 Å². The van der Waals surface area contributed by atoms with Crippen molar-refractivity contribution in [1.29, 1.82) is 0 Å². The maximum absolute atomic E-state index is 12.4. The van der Waals surface area contributed by atoms with Gasteiger partial charge in [0, 0.05) is 6.08 Å². The van der Waals surface area contributed by atoms with Gasteiger partial charge in [0.1, 0.15) is 0 Å². The van der Waals surface area contributed by atoms with Crippen LogP contribution < -0.4 is 14.8 Å². The summed E-state index contributed by atoms with van der Waals surface area (Å²) in [5.41, 5.74) is 0.532. The largest absolute Gasteiger partial charge is 0.490 e. The molecule has 8 nitrogen and oxygen atoms in total. The zero-order valence-electron chi connectivity index (χ0n) is 15.0. The Labute approximate surface area is 163 Å². The van der Waals surface area contributed by atoms with Crippen LogP contribution in [0.25, 0.3) is 6.08 Å². The molecular formula is C17H17F2N3O5S. The van der Waals surface area contributed by atoms with Crippen molar-refractivity contribution in [1.82, 2.24) is 10.2 Å². The normalized spacial score (nSPS) is 10.9. The maximum Gasteiger partial charge on any atom is 0.387 e. The Morgan fingerprint density at radius 1 is 1.21 bits per heavy atom. The molecule has 1 aromatic heterocycles. The summed E-state index contributed by atoms with van der Waals surface area (Å²) in [6.45, 7) is 0.850. The fourth-order valence-corrected chi connectivity index (χ4v) is 2.60. The minimum Gasteiger partial charge on any atom is -0.490 e. The van der Waals surface area contributed by atoms with Crippen molar-refractivity contribution in [3.05, 3.63) is 34.8 Å². The molecular weight excluding hydrogens is 396 g/mol. The van der Waals surface area contributed by atoms with E-state index in [1.165, 1.54) is 30.4 Å². The standard InChI is InChI=1S/C17H17F2N3O5S/c1-3-25-12-9-10(5-7-11(12)27-16(18)19)6-8-13(23)20-17-22-21-14(28-17)15(24)26-4-2/h5-9,16H,3-4H2,1-2H3,(H,20,22,23)/b8-6-. The monoisotopic (exact) mass is 413 g/mol. The highest BCUT2D eigenvalue weighted by atomic mass is 32.1. The number of hydrogen-bond donors (Lipinski definition) is 1. The number of rotatable bonds is 9. The van der Waals surface area contributed by atoms with Crippen molar-refractivity contribution in [2.45, 2.75) is 20.5 Å². The fourth-order valence-electron chi connectivity index (χ4n) is 1.96. The molecule has 0 spiro atoms. The average molecular weight is 413 g/mol. The second-order valence-corrected chi connectivity index (χ2v) is 5.95. The second kappa shape index (κ2) is 10.3. The summed E-state index contributed by atoms with van der Waals surface area (Å²) in [4.78, 5) is 23.5. The van der Waals surface area contributed by atoms with Crippen LogP contribution in [-0.2, 0) is 9.53 Å². The maximum atomic E-state index is 12.4. The lowest BCUT2D eigenvalue weighted by Gasteiger charge is -2.11. The second-order valence-electron chi connectivity index (χ2n) is 4.97. The van der Waals surface area contributed by atoms with Gasteiger partial charge in [-0.1, -0.05) is 17.4 Å². The Morgan fingerprint density at radius 3 is 2.68 bits per heavy atom. The molecule has 0 atom stereocenters. The number of hydrogen-bond acceptors (Lipinski definition) is 8. The first kappa shape index (κ1) is 21.2. The minimum atomic E-state index is -2.97. The van der Waals surface area contributed by atoms with Crippen LogP contribution in [0.2, 0.25) is 0 Å². The van der Waals surface area contributed by atoms with E-state index in [1.54, 1.807) is 13.8 Å². The van der Waals surface area contributed by atoms with Gasteiger partial charge < -0.3 is 14.2 Å². The molecule has 0 saturated carbocycles. The molecule has 0 bridgehead atoms. The molecule has 150 valence electrons. The first-order chi connectivity index (χ1) is 13.4. The van der Waals surface area contributed by atoms with Crippen molar-refractivity contribution in [2.75, 3.05) is 18.5 Å². The highest BCUT2D eigenvalue weighted by Crippen LogP contribution is 2.30. The zero-order valence-corrected chi connectivity index (χ0v) is 15.8. The molecule has 0 radical (unpaired) electrons. The van der Waals surface area contributed by atoms with Crippen LogP contribution >= 0.6 is 11.3 Å². The summed E-state index contributed by atoms with van der Waals surface area (Å²) in [7, 11) is 0. The topological polar surface area (TPSA) is 99.6 Å². The van der Waals surface area contributed by atoms with Crippen LogP contribution in [0.15, 0.2) is 24.3 Å². The third-order valence-corrected chi connectivity index (χ3v) is 3.83. The van der Waals surface area contributed by atoms with Gasteiger partial charge in [-0.05, 0) is 37.6 Å². The average Bonchev–Trinajstić information content (AvgIpc) is 3.10. The Morgan fingerprint density at radius 2 is 2.00 bits per heavy atom. The molecule has 11 heteroatoms. The molecule has 0 aliphatic carbocycles. The van der Waals surface area contributed by atoms with Gasteiger partial charge in [-0.25, -0.2) is 4.79 Å². The van der Waals surface area contributed by atoms with Gasteiger partial charge in [0.2, 0.25) is 16.0 Å². The van der Waals surface area contributed by atoms with Gasteiger partial charge in [0.25, 0.3) is 0 Å².